The average Bonchev–Trinajstić information content (AvgIpc) is 3.02. The number of likely N-dealkylation sites (tertiary alicyclic amines) is 1. The fourth-order valence-electron chi connectivity index (χ4n) is 2.10. The summed E-state index contributed by atoms with van der Waals surface area (Å²) in [4.78, 5) is 17.7. The molecule has 3 rings (SSSR count). The fourth-order valence-corrected chi connectivity index (χ4v) is 2.23. The molecule has 0 bridgehead atoms. The third kappa shape index (κ3) is 2.46. The second kappa shape index (κ2) is 5.13. The molecular weight excluding hydrogens is 280 g/mol. The molecule has 1 amide bonds. The summed E-state index contributed by atoms with van der Waals surface area (Å²) >= 11 is 5.83. The molecule has 1 aromatic carbocycles. The Morgan fingerprint density at radius 1 is 1.40 bits per heavy atom. The number of hydrogen-bond acceptors (Lipinski definition) is 5. The van der Waals surface area contributed by atoms with Gasteiger partial charge in [0.2, 0.25) is 11.7 Å². The van der Waals surface area contributed by atoms with E-state index in [1.165, 1.54) is 0 Å². The average molecular weight is 293 g/mol. The standard InChI is InChI=1S/C13H13ClN4O2/c1-18-7-6-10(12(18)19)15-13-16-11(17-20-13)8-2-4-9(14)5-3-8/h2-5,10H,6-7H2,1H3,(H,15,16,17)/t10-/m0/s1. The monoisotopic (exact) mass is 292 g/mol. The minimum Gasteiger partial charge on any atom is -0.344 e. The third-order valence-corrected chi connectivity index (χ3v) is 3.51. The maximum atomic E-state index is 11.8. The van der Waals surface area contributed by atoms with Crippen LogP contribution in [0.3, 0.4) is 0 Å². The van der Waals surface area contributed by atoms with Crippen molar-refractivity contribution in [3.63, 3.8) is 0 Å². The molecule has 1 atom stereocenters. The van der Waals surface area contributed by atoms with Crippen molar-refractivity contribution < 1.29 is 9.32 Å². The van der Waals surface area contributed by atoms with Gasteiger partial charge in [0, 0.05) is 24.2 Å². The first-order valence-electron chi connectivity index (χ1n) is 6.24. The summed E-state index contributed by atoms with van der Waals surface area (Å²) in [5.41, 5.74) is 0.807. The van der Waals surface area contributed by atoms with E-state index in [1.807, 2.05) is 12.1 Å². The lowest BCUT2D eigenvalue weighted by Gasteiger charge is -2.09. The first-order chi connectivity index (χ1) is 9.63. The summed E-state index contributed by atoms with van der Waals surface area (Å²) in [5.74, 6) is 0.499. The topological polar surface area (TPSA) is 71.3 Å². The Kier molecular flexibility index (Phi) is 3.31. The first kappa shape index (κ1) is 12.9. The smallest absolute Gasteiger partial charge is 0.322 e. The molecule has 1 aliphatic rings. The number of rotatable bonds is 3. The zero-order chi connectivity index (χ0) is 14.1. The van der Waals surface area contributed by atoms with Crippen molar-refractivity contribution >= 4 is 23.5 Å². The minimum atomic E-state index is -0.293. The molecule has 2 aromatic rings. The fraction of sp³-hybridized carbons (Fsp3) is 0.308. The molecule has 0 saturated carbocycles. The van der Waals surface area contributed by atoms with Crippen molar-refractivity contribution in [2.45, 2.75) is 12.5 Å². The molecule has 6 nitrogen and oxygen atoms in total. The predicted octanol–water partition coefficient (Wildman–Crippen LogP) is 2.03. The van der Waals surface area contributed by atoms with Gasteiger partial charge in [-0.15, -0.1) is 0 Å². The lowest BCUT2D eigenvalue weighted by atomic mass is 10.2. The maximum absolute atomic E-state index is 11.8. The van der Waals surface area contributed by atoms with Crippen molar-refractivity contribution in [1.29, 1.82) is 0 Å². The molecule has 0 spiro atoms. The number of halogens is 1. The molecule has 0 radical (unpaired) electrons. The highest BCUT2D eigenvalue weighted by atomic mass is 35.5. The van der Waals surface area contributed by atoms with Crippen LogP contribution in [0.25, 0.3) is 11.4 Å². The van der Waals surface area contributed by atoms with Crippen LogP contribution in [-0.4, -0.2) is 40.6 Å². The van der Waals surface area contributed by atoms with Crippen molar-refractivity contribution in [3.8, 4) is 11.4 Å². The van der Waals surface area contributed by atoms with E-state index in [0.717, 1.165) is 18.5 Å². The van der Waals surface area contributed by atoms with Crippen molar-refractivity contribution in [2.75, 3.05) is 18.9 Å². The number of carbonyl (C=O) groups is 1. The van der Waals surface area contributed by atoms with Crippen molar-refractivity contribution in [2.24, 2.45) is 0 Å². The number of anilines is 1. The number of benzene rings is 1. The largest absolute Gasteiger partial charge is 0.344 e. The molecule has 1 fully saturated rings. The van der Waals surface area contributed by atoms with Gasteiger partial charge in [-0.05, 0) is 30.7 Å². The molecule has 20 heavy (non-hydrogen) atoms. The molecule has 7 heteroatoms. The van der Waals surface area contributed by atoms with Gasteiger partial charge >= 0.3 is 6.01 Å². The van der Waals surface area contributed by atoms with E-state index in [9.17, 15) is 4.79 Å². The van der Waals surface area contributed by atoms with Crippen LogP contribution in [0.1, 0.15) is 6.42 Å². The summed E-state index contributed by atoms with van der Waals surface area (Å²) in [7, 11) is 1.77. The SMILES string of the molecule is CN1CC[C@H](Nc2nc(-c3ccc(Cl)cc3)no2)C1=O. The highest BCUT2D eigenvalue weighted by Crippen LogP contribution is 2.21. The Morgan fingerprint density at radius 2 is 2.15 bits per heavy atom. The van der Waals surface area contributed by atoms with Gasteiger partial charge in [-0.25, -0.2) is 0 Å². The van der Waals surface area contributed by atoms with Gasteiger partial charge in [-0.2, -0.15) is 4.98 Å². The van der Waals surface area contributed by atoms with Gasteiger partial charge in [0.25, 0.3) is 0 Å². The number of nitrogens with one attached hydrogen (secondary N) is 1. The normalized spacial score (nSPS) is 18.6. The first-order valence-corrected chi connectivity index (χ1v) is 6.62. The Balaban J connectivity index is 1.74. The third-order valence-electron chi connectivity index (χ3n) is 3.25. The Morgan fingerprint density at radius 3 is 2.80 bits per heavy atom. The lowest BCUT2D eigenvalue weighted by Crippen LogP contribution is -2.31. The van der Waals surface area contributed by atoms with E-state index in [0.29, 0.717) is 10.8 Å². The number of aromatic nitrogens is 2. The second-order valence-corrected chi connectivity index (χ2v) is 5.11. The van der Waals surface area contributed by atoms with Gasteiger partial charge in [-0.1, -0.05) is 16.8 Å². The summed E-state index contributed by atoms with van der Waals surface area (Å²) < 4.78 is 5.12. The van der Waals surface area contributed by atoms with Crippen LogP contribution < -0.4 is 5.32 Å². The highest BCUT2D eigenvalue weighted by Gasteiger charge is 2.30. The van der Waals surface area contributed by atoms with Crippen LogP contribution >= 0.6 is 11.6 Å². The molecular formula is C13H13ClN4O2. The van der Waals surface area contributed by atoms with E-state index in [2.05, 4.69) is 15.5 Å². The van der Waals surface area contributed by atoms with Gasteiger partial charge in [0.1, 0.15) is 6.04 Å². The van der Waals surface area contributed by atoms with Gasteiger partial charge in [0.15, 0.2) is 0 Å². The molecule has 104 valence electrons. The molecule has 0 unspecified atom stereocenters. The quantitative estimate of drug-likeness (QED) is 0.937. The van der Waals surface area contributed by atoms with Crippen LogP contribution in [0, 0.1) is 0 Å². The summed E-state index contributed by atoms with van der Waals surface area (Å²) in [6, 6.07) is 7.10. The van der Waals surface area contributed by atoms with Gasteiger partial charge in [-0.3, -0.25) is 4.79 Å². The van der Waals surface area contributed by atoms with E-state index in [-0.39, 0.29) is 18.0 Å². The lowest BCUT2D eigenvalue weighted by molar-refractivity contribution is -0.127. The zero-order valence-electron chi connectivity index (χ0n) is 10.8. The number of amides is 1. The van der Waals surface area contributed by atoms with Crippen LogP contribution in [-0.2, 0) is 4.79 Å². The molecule has 1 aliphatic heterocycles. The number of likely N-dealkylation sites (N-methyl/N-ethyl adjacent to an activating group) is 1. The van der Waals surface area contributed by atoms with Crippen LogP contribution in [0.2, 0.25) is 5.02 Å². The number of hydrogen-bond donors (Lipinski definition) is 1. The van der Waals surface area contributed by atoms with Crippen LogP contribution in [0.5, 0.6) is 0 Å². The van der Waals surface area contributed by atoms with Gasteiger partial charge in [0.05, 0.1) is 0 Å². The van der Waals surface area contributed by atoms with Gasteiger partial charge < -0.3 is 14.7 Å². The Labute approximate surface area is 120 Å². The molecule has 1 saturated heterocycles. The summed E-state index contributed by atoms with van der Waals surface area (Å²) in [6.07, 6.45) is 0.730. The van der Waals surface area contributed by atoms with Crippen molar-refractivity contribution in [3.05, 3.63) is 29.3 Å². The molecule has 2 heterocycles. The van der Waals surface area contributed by atoms with E-state index in [1.54, 1.807) is 24.1 Å². The highest BCUT2D eigenvalue weighted by molar-refractivity contribution is 6.30. The zero-order valence-corrected chi connectivity index (χ0v) is 11.6. The van der Waals surface area contributed by atoms with E-state index < -0.39 is 0 Å². The number of nitrogens with zero attached hydrogens (tertiary/aromatic N) is 3. The molecule has 0 aliphatic carbocycles. The summed E-state index contributed by atoms with van der Waals surface area (Å²) in [6.45, 7) is 0.731. The molecule has 1 N–H and O–H groups in total. The van der Waals surface area contributed by atoms with E-state index in [4.69, 9.17) is 16.1 Å². The van der Waals surface area contributed by atoms with E-state index >= 15 is 0 Å². The Hall–Kier alpha value is -2.08. The minimum absolute atomic E-state index is 0.0382. The second-order valence-electron chi connectivity index (χ2n) is 4.68. The Bertz CT molecular complexity index is 626. The number of carbonyl (C=O) groups excluding carboxylic acids is 1. The van der Waals surface area contributed by atoms with Crippen LogP contribution in [0.15, 0.2) is 28.8 Å². The van der Waals surface area contributed by atoms with Crippen molar-refractivity contribution in [1.82, 2.24) is 15.0 Å². The predicted molar refractivity (Wildman–Crippen MR) is 74.4 cm³/mol. The molecule has 1 aromatic heterocycles. The summed E-state index contributed by atoms with van der Waals surface area (Å²) in [5, 5.41) is 7.50. The maximum Gasteiger partial charge on any atom is 0.322 e. The van der Waals surface area contributed by atoms with Crippen LogP contribution in [0.4, 0.5) is 6.01 Å².